The number of carbonyl (C=O) groups is 1. The molecule has 9 heteroatoms. The van der Waals surface area contributed by atoms with E-state index >= 15 is 0 Å². The number of amides is 1. The maximum absolute atomic E-state index is 12.9. The number of rotatable bonds is 8. The quantitative estimate of drug-likeness (QED) is 0.670. The first-order valence-corrected chi connectivity index (χ1v) is 12.7. The zero-order valence-corrected chi connectivity index (χ0v) is 18.7. The van der Waals surface area contributed by atoms with Gasteiger partial charge in [-0.3, -0.25) is 9.69 Å². The van der Waals surface area contributed by atoms with Gasteiger partial charge < -0.3 is 10.1 Å². The number of anilines is 1. The fourth-order valence-electron chi connectivity index (χ4n) is 4.56. The van der Waals surface area contributed by atoms with Crippen molar-refractivity contribution in [2.24, 2.45) is 0 Å². The lowest BCUT2D eigenvalue weighted by molar-refractivity contribution is -0.118. The standard InChI is InChI=1S/C22H30N4O4S/c1-30-20-8-6-17(7-9-20)14-25(19-11-13-31(28,29)16-19)15-22(27)24-21-10-12-23-26(21)18-4-2-3-5-18/h6-10,12,18-19H,2-5,11,13-16H2,1H3,(H,24,27). The highest BCUT2D eigenvalue weighted by atomic mass is 32.2. The Morgan fingerprint density at radius 3 is 2.58 bits per heavy atom. The van der Waals surface area contributed by atoms with Gasteiger partial charge in [0.2, 0.25) is 5.91 Å². The molecule has 2 aliphatic rings. The van der Waals surface area contributed by atoms with Gasteiger partial charge in [0.25, 0.3) is 0 Å². The number of nitrogens with one attached hydrogen (secondary N) is 1. The normalized spacial score (nSPS) is 20.9. The lowest BCUT2D eigenvalue weighted by Crippen LogP contribution is -2.41. The number of nitrogens with zero attached hydrogens (tertiary/aromatic N) is 3. The van der Waals surface area contributed by atoms with Crippen LogP contribution in [-0.4, -0.2) is 60.2 Å². The van der Waals surface area contributed by atoms with E-state index in [4.69, 9.17) is 4.74 Å². The van der Waals surface area contributed by atoms with Crippen molar-refractivity contribution in [1.82, 2.24) is 14.7 Å². The molecule has 0 spiro atoms. The summed E-state index contributed by atoms with van der Waals surface area (Å²) in [5, 5.41) is 7.40. The minimum atomic E-state index is -3.05. The Hall–Kier alpha value is -2.39. The van der Waals surface area contributed by atoms with Crippen LogP contribution >= 0.6 is 0 Å². The second-order valence-corrected chi connectivity index (χ2v) is 10.7. The molecule has 2 fully saturated rings. The van der Waals surface area contributed by atoms with Crippen LogP contribution in [0.4, 0.5) is 5.82 Å². The van der Waals surface area contributed by atoms with Gasteiger partial charge in [0, 0.05) is 18.7 Å². The molecule has 1 saturated carbocycles. The molecule has 1 atom stereocenters. The summed E-state index contributed by atoms with van der Waals surface area (Å²) in [4.78, 5) is 14.9. The van der Waals surface area contributed by atoms with Crippen LogP contribution in [-0.2, 0) is 21.2 Å². The molecule has 8 nitrogen and oxygen atoms in total. The molecule has 0 bridgehead atoms. The van der Waals surface area contributed by atoms with E-state index in [1.165, 1.54) is 12.8 Å². The summed E-state index contributed by atoms with van der Waals surface area (Å²) in [5.41, 5.74) is 1.01. The fraction of sp³-hybridized carbons (Fsp3) is 0.545. The minimum absolute atomic E-state index is 0.0937. The number of aromatic nitrogens is 2. The Labute approximate surface area is 183 Å². The number of sulfone groups is 1. The first kappa shape index (κ1) is 21.8. The van der Waals surface area contributed by atoms with E-state index in [2.05, 4.69) is 10.4 Å². The van der Waals surface area contributed by atoms with Crippen molar-refractivity contribution in [3.63, 3.8) is 0 Å². The van der Waals surface area contributed by atoms with Crippen molar-refractivity contribution in [1.29, 1.82) is 0 Å². The van der Waals surface area contributed by atoms with E-state index < -0.39 is 9.84 Å². The first-order chi connectivity index (χ1) is 14.9. The number of ether oxygens (including phenoxy) is 1. The predicted octanol–water partition coefficient (Wildman–Crippen LogP) is 2.63. The van der Waals surface area contributed by atoms with Crippen molar-refractivity contribution in [2.75, 3.05) is 30.5 Å². The van der Waals surface area contributed by atoms with Crippen LogP contribution < -0.4 is 10.1 Å². The second-order valence-electron chi connectivity index (χ2n) is 8.46. The molecule has 168 valence electrons. The van der Waals surface area contributed by atoms with Gasteiger partial charge in [-0.05, 0) is 37.0 Å². The van der Waals surface area contributed by atoms with Crippen LogP contribution in [0.15, 0.2) is 36.5 Å². The van der Waals surface area contributed by atoms with Crippen molar-refractivity contribution in [3.05, 3.63) is 42.1 Å². The molecule has 31 heavy (non-hydrogen) atoms. The molecule has 1 unspecified atom stereocenters. The lowest BCUT2D eigenvalue weighted by Gasteiger charge is -2.27. The molecule has 1 aromatic carbocycles. The molecule has 1 saturated heterocycles. The van der Waals surface area contributed by atoms with E-state index in [1.807, 2.05) is 39.9 Å². The molecule has 1 aliphatic carbocycles. The number of carbonyl (C=O) groups excluding carboxylic acids is 1. The summed E-state index contributed by atoms with van der Waals surface area (Å²) >= 11 is 0. The number of benzene rings is 1. The maximum atomic E-state index is 12.9. The topological polar surface area (TPSA) is 93.5 Å². The van der Waals surface area contributed by atoms with E-state index in [9.17, 15) is 13.2 Å². The summed E-state index contributed by atoms with van der Waals surface area (Å²) in [6.45, 7) is 0.627. The summed E-state index contributed by atoms with van der Waals surface area (Å²) in [5.74, 6) is 1.58. The highest BCUT2D eigenvalue weighted by Crippen LogP contribution is 2.31. The SMILES string of the molecule is COc1ccc(CN(CC(=O)Nc2ccnn2C2CCCC2)C2CCS(=O)(=O)C2)cc1. The maximum Gasteiger partial charge on any atom is 0.239 e. The third-order valence-corrected chi connectivity index (χ3v) is 7.97. The van der Waals surface area contributed by atoms with Gasteiger partial charge in [0.15, 0.2) is 9.84 Å². The first-order valence-electron chi connectivity index (χ1n) is 10.8. The van der Waals surface area contributed by atoms with E-state index in [-0.39, 0.29) is 30.0 Å². The molecule has 1 aliphatic heterocycles. The zero-order valence-electron chi connectivity index (χ0n) is 17.9. The average molecular weight is 447 g/mol. The van der Waals surface area contributed by atoms with Crippen molar-refractivity contribution >= 4 is 21.6 Å². The van der Waals surface area contributed by atoms with Crippen molar-refractivity contribution in [3.8, 4) is 5.75 Å². The second kappa shape index (κ2) is 9.40. The molecule has 1 amide bonds. The van der Waals surface area contributed by atoms with Gasteiger partial charge in [-0.2, -0.15) is 5.10 Å². The molecule has 1 N–H and O–H groups in total. The minimum Gasteiger partial charge on any atom is -0.497 e. The van der Waals surface area contributed by atoms with Crippen molar-refractivity contribution in [2.45, 2.75) is 50.7 Å². The number of methoxy groups -OCH3 is 1. The van der Waals surface area contributed by atoms with E-state index in [0.717, 1.165) is 24.2 Å². The highest BCUT2D eigenvalue weighted by Gasteiger charge is 2.33. The van der Waals surface area contributed by atoms with Gasteiger partial charge >= 0.3 is 0 Å². The Bertz CT molecular complexity index is 997. The smallest absolute Gasteiger partial charge is 0.239 e. The third-order valence-electron chi connectivity index (χ3n) is 6.22. The molecule has 4 rings (SSSR count). The van der Waals surface area contributed by atoms with Crippen LogP contribution in [0.2, 0.25) is 0 Å². The Balaban J connectivity index is 1.46. The summed E-state index contributed by atoms with van der Waals surface area (Å²) in [7, 11) is -1.44. The van der Waals surface area contributed by atoms with Crippen molar-refractivity contribution < 1.29 is 17.9 Å². The summed E-state index contributed by atoms with van der Waals surface area (Å²) in [6, 6.07) is 9.63. The lowest BCUT2D eigenvalue weighted by atomic mass is 10.1. The molecule has 1 aromatic heterocycles. The zero-order chi connectivity index (χ0) is 21.8. The number of hydrogen-bond acceptors (Lipinski definition) is 6. The molecule has 2 heterocycles. The third kappa shape index (κ3) is 5.46. The van der Waals surface area contributed by atoms with Gasteiger partial charge in [-0.1, -0.05) is 25.0 Å². The molecular weight excluding hydrogens is 416 g/mol. The van der Waals surface area contributed by atoms with Crippen LogP contribution in [0, 0.1) is 0 Å². The summed E-state index contributed by atoms with van der Waals surface area (Å²) < 4.78 is 31.2. The fourth-order valence-corrected chi connectivity index (χ4v) is 6.32. The largest absolute Gasteiger partial charge is 0.497 e. The number of hydrogen-bond donors (Lipinski definition) is 1. The average Bonchev–Trinajstić information content (AvgIpc) is 3.49. The van der Waals surface area contributed by atoms with Gasteiger partial charge in [-0.25, -0.2) is 13.1 Å². The van der Waals surface area contributed by atoms with Gasteiger partial charge in [0.1, 0.15) is 11.6 Å². The predicted molar refractivity (Wildman–Crippen MR) is 119 cm³/mol. The monoisotopic (exact) mass is 446 g/mol. The van der Waals surface area contributed by atoms with Crippen LogP contribution in [0.1, 0.15) is 43.7 Å². The van der Waals surface area contributed by atoms with E-state index in [0.29, 0.717) is 24.8 Å². The molecule has 2 aromatic rings. The Morgan fingerprint density at radius 2 is 1.94 bits per heavy atom. The van der Waals surface area contributed by atoms with Crippen LogP contribution in [0.5, 0.6) is 5.75 Å². The highest BCUT2D eigenvalue weighted by molar-refractivity contribution is 7.91. The Kier molecular flexibility index (Phi) is 6.62. The van der Waals surface area contributed by atoms with Gasteiger partial charge in [0.05, 0.1) is 37.4 Å². The van der Waals surface area contributed by atoms with E-state index in [1.54, 1.807) is 13.3 Å². The van der Waals surface area contributed by atoms with Gasteiger partial charge in [-0.15, -0.1) is 0 Å². The summed E-state index contributed by atoms with van der Waals surface area (Å²) in [6.07, 6.45) is 6.79. The molecular formula is C22H30N4O4S. The van der Waals surface area contributed by atoms with Crippen LogP contribution in [0.3, 0.4) is 0 Å². The Morgan fingerprint density at radius 1 is 1.19 bits per heavy atom. The molecule has 0 radical (unpaired) electrons. The van der Waals surface area contributed by atoms with Crippen LogP contribution in [0.25, 0.3) is 0 Å².